The van der Waals surface area contributed by atoms with E-state index in [2.05, 4.69) is 314 Å². The second-order valence-electron chi connectivity index (χ2n) is 22.7. The van der Waals surface area contributed by atoms with E-state index in [0.29, 0.717) is 0 Å². The molecule has 1 aliphatic rings. The first-order chi connectivity index (χ1) is 41.6. The number of hydrogen-bond donors (Lipinski definition) is 0. The van der Waals surface area contributed by atoms with Crippen molar-refractivity contribution in [3.8, 4) is 94.7 Å². The molecule has 0 unspecified atom stereocenters. The van der Waals surface area contributed by atoms with E-state index in [1.165, 1.54) is 170 Å². The van der Waals surface area contributed by atoms with Gasteiger partial charge in [0.25, 0.3) is 0 Å². The summed E-state index contributed by atoms with van der Waals surface area (Å²) in [5.41, 5.74) is 23.6. The molecular weight excluding hydrogens is 1030 g/mol. The zero-order chi connectivity index (χ0) is 55.2. The van der Waals surface area contributed by atoms with E-state index in [0.717, 1.165) is 0 Å². The molecule has 0 saturated carbocycles. The van der Waals surface area contributed by atoms with Gasteiger partial charge in [0, 0.05) is 16.5 Å². The molecule has 0 aliphatic carbocycles. The van der Waals surface area contributed by atoms with Crippen molar-refractivity contribution in [1.82, 2.24) is 4.57 Å². The highest BCUT2D eigenvalue weighted by molar-refractivity contribution is 6.73. The average molecular weight is 1080 g/mol. The van der Waals surface area contributed by atoms with Gasteiger partial charge in [0.2, 0.25) is 0 Å². The van der Waals surface area contributed by atoms with Crippen LogP contribution in [0.15, 0.2) is 309 Å². The molecule has 16 aromatic rings. The molecule has 17 rings (SSSR count). The van der Waals surface area contributed by atoms with Gasteiger partial charge in [0.15, 0.2) is 0 Å². The van der Waals surface area contributed by atoms with Gasteiger partial charge < -0.3 is 4.57 Å². The number of benzene rings is 15. The van der Waals surface area contributed by atoms with Crippen LogP contribution in [-0.2, 0) is 0 Å². The fourth-order valence-electron chi connectivity index (χ4n) is 13.8. The van der Waals surface area contributed by atoms with Crippen LogP contribution >= 0.6 is 0 Å². The molecule has 390 valence electrons. The van der Waals surface area contributed by atoms with Crippen molar-refractivity contribution >= 4 is 84.8 Å². The highest BCUT2D eigenvalue weighted by atomic mass is 28.2. The highest BCUT2D eigenvalue weighted by Crippen LogP contribution is 2.41. The highest BCUT2D eigenvalue weighted by Gasteiger charge is 2.23. The summed E-state index contributed by atoms with van der Waals surface area (Å²) in [6.45, 7) is 0. The molecule has 1 aliphatic heterocycles. The van der Waals surface area contributed by atoms with Gasteiger partial charge >= 0.3 is 0 Å². The third kappa shape index (κ3) is 8.06. The lowest BCUT2D eigenvalue weighted by Gasteiger charge is -2.12. The molecule has 0 atom stereocenters. The summed E-state index contributed by atoms with van der Waals surface area (Å²) in [5, 5.41) is 15.8. The molecule has 15 aromatic carbocycles. The lowest BCUT2D eigenvalue weighted by atomic mass is 9.92. The summed E-state index contributed by atoms with van der Waals surface area (Å²) in [6.07, 6.45) is 0. The maximum Gasteiger partial charge on any atom is 0.0892 e. The fourth-order valence-corrected chi connectivity index (χ4v) is 15.8. The van der Waals surface area contributed by atoms with Gasteiger partial charge in [-0.1, -0.05) is 277 Å². The van der Waals surface area contributed by atoms with Gasteiger partial charge in [-0.3, -0.25) is 0 Å². The molecule has 0 N–H and O–H groups in total. The Bertz CT molecular complexity index is 5070. The molecule has 0 bridgehead atoms. The van der Waals surface area contributed by atoms with Crippen molar-refractivity contribution in [2.45, 2.75) is 0 Å². The molecule has 1 aromatic heterocycles. The summed E-state index contributed by atoms with van der Waals surface area (Å²) < 4.78 is 2.51. The summed E-state index contributed by atoms with van der Waals surface area (Å²) >= 11 is 0. The molecule has 2 heterocycles. The minimum absolute atomic E-state index is 0.779. The minimum atomic E-state index is -0.779. The third-order valence-corrected chi connectivity index (χ3v) is 20.0. The van der Waals surface area contributed by atoms with Crippen LogP contribution in [0.5, 0.6) is 0 Å². The molecule has 1 nitrogen and oxygen atoms in total. The maximum atomic E-state index is 2.51. The standard InChI is InChI=1S/C82H53NSi/c1-4-16-67-58(11-1)14-9-21-69(67)60-35-31-54(32-36-60)52-23-27-56(28-24-52)62-40-45-79-77(47-62)78-48-63(57-29-25-53(26-30-57)55-33-37-61(38-34-55)70-22-10-15-59-12-2-5-17-68(59)70)41-46-80(78)83(79)66-42-44-75-74-43-39-65(50-81(74)84-82(75)51-66)76-49-64-13-3-6-18-71(64)72-19-7-8-20-73(72)76/h1-51H,84H2. The summed E-state index contributed by atoms with van der Waals surface area (Å²) in [4.78, 5) is 0. The Balaban J connectivity index is 0.722. The van der Waals surface area contributed by atoms with Gasteiger partial charge in [-0.15, -0.1) is 0 Å². The van der Waals surface area contributed by atoms with E-state index in [9.17, 15) is 0 Å². The fraction of sp³-hybridized carbons (Fsp3) is 0. The molecule has 0 radical (unpaired) electrons. The first kappa shape index (κ1) is 48.1. The van der Waals surface area contributed by atoms with Crippen LogP contribution in [0.4, 0.5) is 0 Å². The number of aromatic nitrogens is 1. The van der Waals surface area contributed by atoms with Gasteiger partial charge in [-0.05, 0) is 175 Å². The van der Waals surface area contributed by atoms with Crippen LogP contribution in [-0.4, -0.2) is 14.1 Å². The second kappa shape index (κ2) is 19.5. The Hall–Kier alpha value is -10.6. The van der Waals surface area contributed by atoms with E-state index < -0.39 is 9.52 Å². The van der Waals surface area contributed by atoms with Crippen molar-refractivity contribution in [3.05, 3.63) is 309 Å². The van der Waals surface area contributed by atoms with Crippen LogP contribution in [0.1, 0.15) is 0 Å². The van der Waals surface area contributed by atoms with Crippen LogP contribution < -0.4 is 10.4 Å². The van der Waals surface area contributed by atoms with Crippen LogP contribution in [0.25, 0.3) is 160 Å². The lowest BCUT2D eigenvalue weighted by molar-refractivity contribution is 1.18. The zero-order valence-corrected chi connectivity index (χ0v) is 47.5. The quantitative estimate of drug-likeness (QED) is 0.106. The lowest BCUT2D eigenvalue weighted by Crippen LogP contribution is -2.21. The van der Waals surface area contributed by atoms with Gasteiger partial charge in [-0.25, -0.2) is 0 Å². The van der Waals surface area contributed by atoms with Crippen LogP contribution in [0, 0.1) is 0 Å². The summed E-state index contributed by atoms with van der Waals surface area (Å²) in [6, 6.07) is 116. The zero-order valence-electron chi connectivity index (χ0n) is 46.1. The monoisotopic (exact) mass is 1080 g/mol. The molecule has 0 spiro atoms. The smallest absolute Gasteiger partial charge is 0.0892 e. The molecule has 0 fully saturated rings. The van der Waals surface area contributed by atoms with Crippen molar-refractivity contribution < 1.29 is 0 Å². The summed E-state index contributed by atoms with van der Waals surface area (Å²) in [7, 11) is -0.779. The number of nitrogens with zero attached hydrogens (tertiary/aromatic N) is 1. The number of fused-ring (bicyclic) bond motifs is 11. The Kier molecular flexibility index (Phi) is 11.2. The van der Waals surface area contributed by atoms with E-state index >= 15 is 0 Å². The number of hydrogen-bond acceptors (Lipinski definition) is 0. The van der Waals surface area contributed by atoms with Crippen molar-refractivity contribution in [2.75, 3.05) is 0 Å². The average Bonchev–Trinajstić information content (AvgIpc) is 3.90. The predicted molar refractivity (Wildman–Crippen MR) is 362 cm³/mol. The topological polar surface area (TPSA) is 4.93 Å². The Morgan fingerprint density at radius 1 is 0.190 bits per heavy atom. The molecule has 84 heavy (non-hydrogen) atoms. The molecule has 2 heteroatoms. The first-order valence-corrected chi connectivity index (χ1v) is 30.7. The maximum absolute atomic E-state index is 2.51. The van der Waals surface area contributed by atoms with E-state index in [1.807, 2.05) is 0 Å². The Morgan fingerprint density at radius 2 is 0.571 bits per heavy atom. The molecule has 0 amide bonds. The number of rotatable bonds is 8. The van der Waals surface area contributed by atoms with E-state index in [-0.39, 0.29) is 0 Å². The first-order valence-electron chi connectivity index (χ1n) is 29.2. The Labute approximate surface area is 490 Å². The second-order valence-corrected chi connectivity index (χ2v) is 24.6. The predicted octanol–water partition coefficient (Wildman–Crippen LogP) is 20.2. The molecule has 0 saturated heterocycles. The largest absolute Gasteiger partial charge is 0.309 e. The third-order valence-electron chi connectivity index (χ3n) is 18.0. The van der Waals surface area contributed by atoms with Crippen molar-refractivity contribution in [3.63, 3.8) is 0 Å². The van der Waals surface area contributed by atoms with Crippen molar-refractivity contribution in [1.29, 1.82) is 0 Å². The van der Waals surface area contributed by atoms with Crippen LogP contribution in [0.2, 0.25) is 0 Å². The Morgan fingerprint density at radius 3 is 1.10 bits per heavy atom. The van der Waals surface area contributed by atoms with E-state index in [1.54, 1.807) is 0 Å². The van der Waals surface area contributed by atoms with Crippen molar-refractivity contribution in [2.24, 2.45) is 0 Å². The SMILES string of the molecule is c1ccc2c(-c3ccc(-c4ccc(-c5ccc6c(c5)c5cc(-c7ccc(-c8ccc(-c9cccc%10ccccc9%10)cc8)cc7)ccc5n6-c5ccc6c(c5)[SiH2]c5cc(-c7cc8ccccc8c8ccccc78)ccc5-6)cc4)cc3)cccc2c1. The van der Waals surface area contributed by atoms with Gasteiger partial charge in [0.1, 0.15) is 0 Å². The van der Waals surface area contributed by atoms with Gasteiger partial charge in [0.05, 0.1) is 20.6 Å². The normalized spacial score (nSPS) is 12.3. The minimum Gasteiger partial charge on any atom is -0.309 e. The molecular formula is C82H53NSi. The van der Waals surface area contributed by atoms with E-state index in [4.69, 9.17) is 0 Å². The van der Waals surface area contributed by atoms with Crippen LogP contribution in [0.3, 0.4) is 0 Å². The summed E-state index contributed by atoms with van der Waals surface area (Å²) in [5.74, 6) is 0. The van der Waals surface area contributed by atoms with Gasteiger partial charge in [-0.2, -0.15) is 0 Å².